The van der Waals surface area contributed by atoms with Gasteiger partial charge in [-0.3, -0.25) is 9.59 Å². The number of primary amides is 1. The fraction of sp³-hybridized carbons (Fsp3) is 0.579. The van der Waals surface area contributed by atoms with Crippen LogP contribution in [0.3, 0.4) is 0 Å². The number of amides is 2. The van der Waals surface area contributed by atoms with Gasteiger partial charge in [-0.15, -0.1) is 0 Å². The van der Waals surface area contributed by atoms with E-state index in [1.807, 2.05) is 20.8 Å². The van der Waals surface area contributed by atoms with Gasteiger partial charge in [0, 0.05) is 24.4 Å². The van der Waals surface area contributed by atoms with Crippen LogP contribution in [0.25, 0.3) is 0 Å². The van der Waals surface area contributed by atoms with Gasteiger partial charge >= 0.3 is 0 Å². The third-order valence-electron chi connectivity index (χ3n) is 4.04. The van der Waals surface area contributed by atoms with Crippen molar-refractivity contribution in [1.82, 2.24) is 5.32 Å². The molecule has 25 heavy (non-hydrogen) atoms. The van der Waals surface area contributed by atoms with Crippen molar-refractivity contribution in [3.8, 4) is 0 Å². The van der Waals surface area contributed by atoms with Crippen LogP contribution < -0.4 is 11.1 Å². The Bertz CT molecular complexity index is 592. The van der Waals surface area contributed by atoms with Crippen molar-refractivity contribution < 1.29 is 18.4 Å². The fourth-order valence-electron chi connectivity index (χ4n) is 3.00. The average Bonchev–Trinajstić information content (AvgIpc) is 2.43. The zero-order chi connectivity index (χ0) is 19.2. The van der Waals surface area contributed by atoms with E-state index in [9.17, 15) is 18.4 Å². The molecular weight excluding hydrogens is 326 g/mol. The first-order valence-corrected chi connectivity index (χ1v) is 8.55. The number of aryl methyl sites for hydroxylation is 1. The van der Waals surface area contributed by atoms with Crippen LogP contribution >= 0.6 is 0 Å². The molecule has 0 heterocycles. The molecule has 1 unspecified atom stereocenters. The van der Waals surface area contributed by atoms with E-state index in [-0.39, 0.29) is 24.2 Å². The van der Waals surface area contributed by atoms with Crippen LogP contribution in [-0.4, -0.2) is 18.4 Å². The van der Waals surface area contributed by atoms with Gasteiger partial charge in [0.1, 0.15) is 11.6 Å². The second-order valence-electron chi connectivity index (χ2n) is 7.59. The largest absolute Gasteiger partial charge is 0.369 e. The van der Waals surface area contributed by atoms with Crippen molar-refractivity contribution in [2.45, 2.75) is 47.0 Å². The van der Waals surface area contributed by atoms with Gasteiger partial charge in [-0.05, 0) is 49.3 Å². The molecule has 0 radical (unpaired) electrons. The van der Waals surface area contributed by atoms with Crippen molar-refractivity contribution in [2.24, 2.45) is 23.0 Å². The van der Waals surface area contributed by atoms with Gasteiger partial charge in [-0.25, -0.2) is 8.78 Å². The number of carbonyl (C=O) groups is 2. The Kier molecular flexibility index (Phi) is 7.52. The lowest BCUT2D eigenvalue weighted by atomic mass is 9.76. The van der Waals surface area contributed by atoms with Crippen LogP contribution in [0, 0.1) is 28.9 Å². The summed E-state index contributed by atoms with van der Waals surface area (Å²) in [5, 5.41) is 2.75. The highest BCUT2D eigenvalue weighted by Gasteiger charge is 2.35. The van der Waals surface area contributed by atoms with Gasteiger partial charge in [0.2, 0.25) is 11.8 Å². The molecule has 0 saturated carbocycles. The maximum Gasteiger partial charge on any atom is 0.223 e. The number of carbonyl (C=O) groups excluding carboxylic acids is 2. The maximum absolute atomic E-state index is 13.3. The lowest BCUT2D eigenvalue weighted by Gasteiger charge is -2.30. The predicted octanol–water partition coefficient (Wildman–Crippen LogP) is 3.19. The van der Waals surface area contributed by atoms with Crippen molar-refractivity contribution in [3.05, 3.63) is 35.4 Å². The molecule has 0 aliphatic carbocycles. The Morgan fingerprint density at radius 3 is 2.12 bits per heavy atom. The number of halogens is 2. The molecule has 0 fully saturated rings. The molecule has 1 aromatic carbocycles. The van der Waals surface area contributed by atoms with E-state index >= 15 is 0 Å². The first-order valence-electron chi connectivity index (χ1n) is 8.55. The molecule has 0 spiro atoms. The van der Waals surface area contributed by atoms with Crippen molar-refractivity contribution in [2.75, 3.05) is 6.54 Å². The molecule has 0 aliphatic heterocycles. The van der Waals surface area contributed by atoms with Crippen LogP contribution in [0.15, 0.2) is 18.2 Å². The number of benzene rings is 1. The van der Waals surface area contributed by atoms with Gasteiger partial charge in [0.15, 0.2) is 0 Å². The van der Waals surface area contributed by atoms with Crippen LogP contribution in [0.2, 0.25) is 0 Å². The van der Waals surface area contributed by atoms with Crippen LogP contribution in [-0.2, 0) is 16.0 Å². The molecule has 2 amide bonds. The highest BCUT2D eigenvalue weighted by atomic mass is 19.1. The first-order chi connectivity index (χ1) is 11.5. The highest BCUT2D eigenvalue weighted by molar-refractivity contribution is 5.86. The standard InChI is InChI=1S/C19H28F2N2O2/c1-5-23-18(25)16(11-19(2,3)4)15(17(22)24)7-6-12-8-13(20)10-14(21)9-12/h8-10,15-16H,5-7,11H2,1-4H3,(H2,22,24)(H,23,25)/t15-,16?/m0/s1. The van der Waals surface area contributed by atoms with E-state index in [4.69, 9.17) is 5.73 Å². The Labute approximate surface area is 148 Å². The summed E-state index contributed by atoms with van der Waals surface area (Å²) in [5.41, 5.74) is 5.81. The molecule has 140 valence electrons. The van der Waals surface area contributed by atoms with Gasteiger partial charge in [-0.1, -0.05) is 20.8 Å². The quantitative estimate of drug-likeness (QED) is 0.752. The van der Waals surface area contributed by atoms with E-state index < -0.39 is 29.4 Å². The highest BCUT2D eigenvalue weighted by Crippen LogP contribution is 2.31. The number of hydrogen-bond acceptors (Lipinski definition) is 2. The lowest BCUT2D eigenvalue weighted by Crippen LogP contribution is -2.42. The third kappa shape index (κ3) is 7.20. The van der Waals surface area contributed by atoms with Gasteiger partial charge in [0.05, 0.1) is 0 Å². The summed E-state index contributed by atoms with van der Waals surface area (Å²) in [4.78, 5) is 24.4. The molecular formula is C19H28F2N2O2. The number of nitrogens with two attached hydrogens (primary N) is 1. The molecule has 6 heteroatoms. The summed E-state index contributed by atoms with van der Waals surface area (Å²) in [6.07, 6.45) is 1.02. The van der Waals surface area contributed by atoms with Crippen LogP contribution in [0.4, 0.5) is 8.78 Å². The first kappa shape index (κ1) is 21.1. The summed E-state index contributed by atoms with van der Waals surface area (Å²) in [5.74, 6) is -3.39. The topological polar surface area (TPSA) is 72.2 Å². The van der Waals surface area contributed by atoms with E-state index in [1.54, 1.807) is 6.92 Å². The summed E-state index contributed by atoms with van der Waals surface area (Å²) in [7, 11) is 0. The van der Waals surface area contributed by atoms with Gasteiger partial charge in [0.25, 0.3) is 0 Å². The Balaban J connectivity index is 2.99. The van der Waals surface area contributed by atoms with E-state index in [0.29, 0.717) is 18.5 Å². The smallest absolute Gasteiger partial charge is 0.223 e. The summed E-state index contributed by atoms with van der Waals surface area (Å²) in [6.45, 7) is 8.22. The molecule has 1 aromatic rings. The molecule has 4 nitrogen and oxygen atoms in total. The average molecular weight is 354 g/mol. The SMILES string of the molecule is CCNC(=O)C(CC(C)(C)C)[C@H](CCc1cc(F)cc(F)c1)C(N)=O. The third-order valence-corrected chi connectivity index (χ3v) is 4.04. The Morgan fingerprint density at radius 1 is 1.12 bits per heavy atom. The summed E-state index contributed by atoms with van der Waals surface area (Å²) < 4.78 is 26.6. The van der Waals surface area contributed by atoms with Gasteiger partial charge < -0.3 is 11.1 Å². The molecule has 0 aliphatic rings. The second kappa shape index (κ2) is 8.92. The zero-order valence-corrected chi connectivity index (χ0v) is 15.4. The lowest BCUT2D eigenvalue weighted by molar-refractivity contribution is -0.134. The van der Waals surface area contributed by atoms with Crippen molar-refractivity contribution in [3.63, 3.8) is 0 Å². The minimum atomic E-state index is -0.697. The second-order valence-corrected chi connectivity index (χ2v) is 7.59. The van der Waals surface area contributed by atoms with E-state index in [1.165, 1.54) is 12.1 Å². The minimum absolute atomic E-state index is 0.172. The number of rotatable bonds is 8. The minimum Gasteiger partial charge on any atom is -0.369 e. The van der Waals surface area contributed by atoms with E-state index in [0.717, 1.165) is 6.07 Å². The molecule has 0 saturated heterocycles. The van der Waals surface area contributed by atoms with Gasteiger partial charge in [-0.2, -0.15) is 0 Å². The normalized spacial score (nSPS) is 14.0. The van der Waals surface area contributed by atoms with Crippen LogP contribution in [0.5, 0.6) is 0 Å². The predicted molar refractivity (Wildman–Crippen MR) is 93.6 cm³/mol. The Hall–Kier alpha value is -1.98. The summed E-state index contributed by atoms with van der Waals surface area (Å²) in [6, 6.07) is 3.25. The monoisotopic (exact) mass is 354 g/mol. The van der Waals surface area contributed by atoms with Crippen molar-refractivity contribution in [1.29, 1.82) is 0 Å². The maximum atomic E-state index is 13.3. The molecule has 0 aromatic heterocycles. The fourth-order valence-corrected chi connectivity index (χ4v) is 3.00. The molecule has 0 bridgehead atoms. The zero-order valence-electron chi connectivity index (χ0n) is 15.4. The molecule has 2 atom stereocenters. The Morgan fingerprint density at radius 2 is 1.68 bits per heavy atom. The summed E-state index contributed by atoms with van der Waals surface area (Å²) >= 11 is 0. The van der Waals surface area contributed by atoms with Crippen LogP contribution in [0.1, 0.15) is 46.1 Å². The molecule has 3 N–H and O–H groups in total. The number of nitrogens with one attached hydrogen (secondary N) is 1. The van der Waals surface area contributed by atoms with E-state index in [2.05, 4.69) is 5.32 Å². The number of hydrogen-bond donors (Lipinski definition) is 2. The van der Waals surface area contributed by atoms with Crippen molar-refractivity contribution >= 4 is 11.8 Å². The molecule has 1 rings (SSSR count).